The maximum Gasteiger partial charge on any atom is 0.169 e. The van der Waals surface area contributed by atoms with E-state index in [0.29, 0.717) is 5.02 Å². The summed E-state index contributed by atoms with van der Waals surface area (Å²) in [4.78, 5) is 4.52. The number of rotatable bonds is 4. The fourth-order valence-corrected chi connectivity index (χ4v) is 3.69. The van der Waals surface area contributed by atoms with Crippen LogP contribution in [0.2, 0.25) is 5.02 Å². The molecule has 0 radical (unpaired) electrons. The summed E-state index contributed by atoms with van der Waals surface area (Å²) in [6, 6.07) is 15.1. The van der Waals surface area contributed by atoms with Crippen LogP contribution in [0.15, 0.2) is 48.5 Å². The third-order valence-corrected chi connectivity index (χ3v) is 5.44. The average molecular weight is 392 g/mol. The van der Waals surface area contributed by atoms with Crippen molar-refractivity contribution in [3.05, 3.63) is 70.5 Å². The summed E-state index contributed by atoms with van der Waals surface area (Å²) in [6.45, 7) is 6.38. The van der Waals surface area contributed by atoms with Crippen LogP contribution >= 0.6 is 23.8 Å². The number of nitrogens with zero attached hydrogens (tertiary/aromatic N) is 2. The summed E-state index contributed by atoms with van der Waals surface area (Å²) in [5.74, 6) is -0.299. The molecule has 0 saturated carbocycles. The quantitative estimate of drug-likeness (QED) is 0.785. The monoisotopic (exact) mass is 391 g/mol. The second-order valence-electron chi connectivity index (χ2n) is 6.58. The number of thiocarbonyl (C=S) groups is 1. The second-order valence-corrected chi connectivity index (χ2v) is 7.37. The highest BCUT2D eigenvalue weighted by Crippen LogP contribution is 2.20. The molecule has 0 amide bonds. The van der Waals surface area contributed by atoms with Crippen molar-refractivity contribution in [3.8, 4) is 0 Å². The van der Waals surface area contributed by atoms with Crippen molar-refractivity contribution >= 4 is 28.9 Å². The van der Waals surface area contributed by atoms with Gasteiger partial charge in [-0.1, -0.05) is 48.0 Å². The van der Waals surface area contributed by atoms with Crippen LogP contribution in [0.1, 0.15) is 24.1 Å². The van der Waals surface area contributed by atoms with E-state index in [9.17, 15) is 4.39 Å². The highest BCUT2D eigenvalue weighted by Gasteiger charge is 2.20. The predicted molar refractivity (Wildman–Crippen MR) is 109 cm³/mol. The molecule has 1 atom stereocenters. The zero-order valence-electron chi connectivity index (χ0n) is 14.8. The molecule has 1 unspecified atom stereocenters. The van der Waals surface area contributed by atoms with Gasteiger partial charge in [-0.2, -0.15) is 0 Å². The highest BCUT2D eigenvalue weighted by molar-refractivity contribution is 7.80. The Kier molecular flexibility index (Phi) is 6.46. The zero-order valence-corrected chi connectivity index (χ0v) is 16.4. The van der Waals surface area contributed by atoms with E-state index in [1.807, 2.05) is 18.2 Å². The molecule has 1 fully saturated rings. The van der Waals surface area contributed by atoms with E-state index in [-0.39, 0.29) is 11.9 Å². The van der Waals surface area contributed by atoms with E-state index >= 15 is 0 Å². The molecule has 1 aliphatic heterocycles. The average Bonchev–Trinajstić information content (AvgIpc) is 2.65. The number of nitrogens with one attached hydrogen (secondary N) is 1. The van der Waals surface area contributed by atoms with Gasteiger partial charge in [0.2, 0.25) is 0 Å². The Bertz CT molecular complexity index is 748. The molecule has 0 bridgehead atoms. The Balaban J connectivity index is 1.49. The van der Waals surface area contributed by atoms with Crippen LogP contribution in [0.5, 0.6) is 0 Å². The number of hydrogen-bond donors (Lipinski definition) is 1. The Morgan fingerprint density at radius 2 is 1.85 bits per heavy atom. The predicted octanol–water partition coefficient (Wildman–Crippen LogP) is 4.23. The minimum Gasteiger partial charge on any atom is -0.356 e. The normalized spacial score (nSPS) is 16.3. The van der Waals surface area contributed by atoms with Crippen molar-refractivity contribution in [1.82, 2.24) is 15.1 Å². The number of hydrogen-bond acceptors (Lipinski definition) is 2. The molecule has 2 aromatic rings. The lowest BCUT2D eigenvalue weighted by Crippen LogP contribution is -2.51. The Labute approximate surface area is 164 Å². The van der Waals surface area contributed by atoms with E-state index in [2.05, 4.69) is 34.2 Å². The molecule has 26 heavy (non-hydrogen) atoms. The fraction of sp³-hybridized carbons (Fsp3) is 0.350. The van der Waals surface area contributed by atoms with Gasteiger partial charge >= 0.3 is 0 Å². The van der Waals surface area contributed by atoms with Crippen LogP contribution in [-0.2, 0) is 6.54 Å². The van der Waals surface area contributed by atoms with Gasteiger partial charge in [0, 0.05) is 37.7 Å². The Morgan fingerprint density at radius 3 is 2.50 bits per heavy atom. The van der Waals surface area contributed by atoms with Crippen LogP contribution in [0.4, 0.5) is 4.39 Å². The Morgan fingerprint density at radius 1 is 1.15 bits per heavy atom. The SMILES string of the molecule is CC(NC(=S)N1CCN(Cc2ccc(F)cc2Cl)CC1)c1ccccc1. The first kappa shape index (κ1) is 19.1. The van der Waals surface area contributed by atoms with Gasteiger partial charge in [-0.25, -0.2) is 4.39 Å². The summed E-state index contributed by atoms with van der Waals surface area (Å²) < 4.78 is 13.2. The lowest BCUT2D eigenvalue weighted by atomic mass is 10.1. The van der Waals surface area contributed by atoms with Crippen LogP contribution in [0, 0.1) is 5.82 Å². The number of benzene rings is 2. The van der Waals surface area contributed by atoms with E-state index in [1.54, 1.807) is 6.07 Å². The molecule has 1 aliphatic rings. The first-order valence-corrected chi connectivity index (χ1v) is 9.58. The molecular formula is C20H23ClFN3S. The van der Waals surface area contributed by atoms with Crippen molar-refractivity contribution in [3.63, 3.8) is 0 Å². The Hall–Kier alpha value is -1.69. The van der Waals surface area contributed by atoms with Crippen LogP contribution in [-0.4, -0.2) is 41.1 Å². The third kappa shape index (κ3) is 4.93. The number of halogens is 2. The lowest BCUT2D eigenvalue weighted by Gasteiger charge is -2.37. The third-order valence-electron chi connectivity index (χ3n) is 4.71. The smallest absolute Gasteiger partial charge is 0.169 e. The molecule has 1 heterocycles. The van der Waals surface area contributed by atoms with Crippen molar-refractivity contribution in [2.75, 3.05) is 26.2 Å². The van der Waals surface area contributed by atoms with Crippen molar-refractivity contribution in [1.29, 1.82) is 0 Å². The van der Waals surface area contributed by atoms with Gasteiger partial charge < -0.3 is 10.2 Å². The maximum atomic E-state index is 13.2. The van der Waals surface area contributed by atoms with Crippen LogP contribution in [0.25, 0.3) is 0 Å². The lowest BCUT2D eigenvalue weighted by molar-refractivity contribution is 0.174. The summed E-state index contributed by atoms with van der Waals surface area (Å²) in [6.07, 6.45) is 0. The first-order valence-electron chi connectivity index (χ1n) is 8.79. The van der Waals surface area contributed by atoms with Gasteiger partial charge in [-0.05, 0) is 42.4 Å². The van der Waals surface area contributed by atoms with E-state index < -0.39 is 0 Å². The van der Waals surface area contributed by atoms with E-state index in [0.717, 1.165) is 43.4 Å². The molecule has 6 heteroatoms. The minimum atomic E-state index is -0.299. The molecule has 2 aromatic carbocycles. The highest BCUT2D eigenvalue weighted by atomic mass is 35.5. The largest absolute Gasteiger partial charge is 0.356 e. The molecule has 0 spiro atoms. The molecule has 0 aliphatic carbocycles. The van der Waals surface area contributed by atoms with Crippen molar-refractivity contribution < 1.29 is 4.39 Å². The fourth-order valence-electron chi connectivity index (χ4n) is 3.10. The van der Waals surface area contributed by atoms with E-state index in [4.69, 9.17) is 23.8 Å². The standard InChI is InChI=1S/C20H23ClFN3S/c1-15(16-5-3-2-4-6-16)23-20(26)25-11-9-24(10-12-25)14-17-7-8-18(22)13-19(17)21/h2-8,13,15H,9-12,14H2,1H3,(H,23,26). The van der Waals surface area contributed by atoms with Crippen LogP contribution < -0.4 is 5.32 Å². The van der Waals surface area contributed by atoms with Crippen molar-refractivity contribution in [2.45, 2.75) is 19.5 Å². The second kappa shape index (κ2) is 8.80. The molecule has 3 rings (SSSR count). The minimum absolute atomic E-state index is 0.180. The first-order chi connectivity index (χ1) is 12.5. The summed E-state index contributed by atoms with van der Waals surface area (Å²) in [5.41, 5.74) is 2.18. The van der Waals surface area contributed by atoms with Crippen LogP contribution in [0.3, 0.4) is 0 Å². The topological polar surface area (TPSA) is 18.5 Å². The molecular weight excluding hydrogens is 369 g/mol. The van der Waals surface area contributed by atoms with Gasteiger partial charge in [-0.15, -0.1) is 0 Å². The maximum absolute atomic E-state index is 13.2. The van der Waals surface area contributed by atoms with E-state index in [1.165, 1.54) is 17.7 Å². The van der Waals surface area contributed by atoms with Gasteiger partial charge in [0.1, 0.15) is 5.82 Å². The number of piperazine rings is 1. The molecule has 0 aromatic heterocycles. The van der Waals surface area contributed by atoms with Gasteiger partial charge in [-0.3, -0.25) is 4.90 Å². The van der Waals surface area contributed by atoms with Crippen molar-refractivity contribution in [2.24, 2.45) is 0 Å². The molecule has 1 N–H and O–H groups in total. The summed E-state index contributed by atoms with van der Waals surface area (Å²) >= 11 is 11.7. The summed E-state index contributed by atoms with van der Waals surface area (Å²) in [7, 11) is 0. The zero-order chi connectivity index (χ0) is 18.5. The molecule has 3 nitrogen and oxygen atoms in total. The molecule has 138 valence electrons. The van der Waals surface area contributed by atoms with Gasteiger partial charge in [0.25, 0.3) is 0 Å². The molecule has 1 saturated heterocycles. The summed E-state index contributed by atoms with van der Waals surface area (Å²) in [5, 5.41) is 4.70. The van der Waals surface area contributed by atoms with Gasteiger partial charge in [0.15, 0.2) is 5.11 Å². The van der Waals surface area contributed by atoms with Gasteiger partial charge in [0.05, 0.1) is 6.04 Å².